The van der Waals surface area contributed by atoms with Crippen molar-refractivity contribution in [2.24, 2.45) is 11.8 Å². The van der Waals surface area contributed by atoms with Crippen molar-refractivity contribution in [1.82, 2.24) is 19.6 Å². The van der Waals surface area contributed by atoms with E-state index in [4.69, 9.17) is 10.00 Å². The monoisotopic (exact) mass is 455 g/mol. The van der Waals surface area contributed by atoms with Gasteiger partial charge in [-0.25, -0.2) is 0 Å². The number of nitrogens with zero attached hydrogens (tertiary/aromatic N) is 5. The van der Waals surface area contributed by atoms with E-state index in [1.807, 2.05) is 4.90 Å². The van der Waals surface area contributed by atoms with Crippen LogP contribution in [0.25, 0.3) is 0 Å². The van der Waals surface area contributed by atoms with Gasteiger partial charge in [0, 0.05) is 65.8 Å². The molecule has 8 heteroatoms. The molecule has 0 bridgehead atoms. The average molecular weight is 456 g/mol. The summed E-state index contributed by atoms with van der Waals surface area (Å²) < 4.78 is 5.68. The Kier molecular flexibility index (Phi) is 8.20. The summed E-state index contributed by atoms with van der Waals surface area (Å²) in [6.07, 6.45) is 0.674. The molecule has 1 aromatic rings. The molecular formula is C25H37N5O3. The van der Waals surface area contributed by atoms with Gasteiger partial charge >= 0.3 is 0 Å². The molecule has 1 amide bonds. The number of carbonyl (C=O) groups excluding carboxylic acids is 1. The van der Waals surface area contributed by atoms with Gasteiger partial charge in [0.25, 0.3) is 0 Å². The van der Waals surface area contributed by atoms with Crippen LogP contribution in [0, 0.1) is 23.2 Å². The summed E-state index contributed by atoms with van der Waals surface area (Å²) in [5, 5.41) is 19.3. The van der Waals surface area contributed by atoms with Crippen molar-refractivity contribution >= 4 is 5.91 Å². The van der Waals surface area contributed by atoms with Crippen LogP contribution in [0.2, 0.25) is 0 Å². The van der Waals surface area contributed by atoms with Gasteiger partial charge < -0.3 is 19.6 Å². The van der Waals surface area contributed by atoms with Crippen LogP contribution in [0.5, 0.6) is 5.75 Å². The number of fused-ring (bicyclic) bond motifs is 1. The first-order chi connectivity index (χ1) is 16.0. The Morgan fingerprint density at radius 2 is 1.64 bits per heavy atom. The Morgan fingerprint density at radius 3 is 2.24 bits per heavy atom. The quantitative estimate of drug-likeness (QED) is 0.587. The highest BCUT2D eigenvalue weighted by Crippen LogP contribution is 2.31. The second-order valence-corrected chi connectivity index (χ2v) is 9.80. The minimum absolute atomic E-state index is 0.193. The molecule has 3 aliphatic heterocycles. The van der Waals surface area contributed by atoms with E-state index in [9.17, 15) is 9.90 Å². The molecule has 3 fully saturated rings. The fourth-order valence-electron chi connectivity index (χ4n) is 5.49. The molecule has 0 radical (unpaired) electrons. The van der Waals surface area contributed by atoms with Gasteiger partial charge in [0.05, 0.1) is 11.6 Å². The SMILES string of the molecule is CC(=O)N1CCN(CCCN2CC3CN(C[C@H](O)COc4ccc(C#N)cc4)CC3C2)CC1. The first-order valence-electron chi connectivity index (χ1n) is 12.2. The number of likely N-dealkylation sites (tertiary alicyclic amines) is 2. The number of carbonyl (C=O) groups is 1. The Morgan fingerprint density at radius 1 is 1.03 bits per heavy atom. The number of nitriles is 1. The molecule has 3 heterocycles. The predicted octanol–water partition coefficient (Wildman–Crippen LogP) is 0.716. The second-order valence-electron chi connectivity index (χ2n) is 9.80. The normalized spacial score (nSPS) is 25.1. The van der Waals surface area contributed by atoms with Crippen molar-refractivity contribution in [3.05, 3.63) is 29.8 Å². The van der Waals surface area contributed by atoms with Crippen molar-refractivity contribution in [2.75, 3.05) is 78.6 Å². The maximum atomic E-state index is 11.5. The summed E-state index contributed by atoms with van der Waals surface area (Å²) in [6.45, 7) is 13.0. The molecule has 0 aliphatic carbocycles. The number of aliphatic hydroxyl groups is 1. The summed E-state index contributed by atoms with van der Waals surface area (Å²) in [5.74, 6) is 2.29. The van der Waals surface area contributed by atoms with Crippen LogP contribution in [0.4, 0.5) is 0 Å². The highest BCUT2D eigenvalue weighted by atomic mass is 16.5. The van der Waals surface area contributed by atoms with Crippen molar-refractivity contribution in [2.45, 2.75) is 19.4 Å². The molecule has 1 aromatic carbocycles. The highest BCUT2D eigenvalue weighted by molar-refractivity contribution is 5.73. The maximum Gasteiger partial charge on any atom is 0.219 e. The minimum atomic E-state index is -0.515. The second kappa shape index (κ2) is 11.3. The number of β-amino-alcohol motifs (C(OH)–C–C–N with tert-alkyl or cyclic N) is 1. The number of piperazine rings is 1. The molecular weight excluding hydrogens is 418 g/mol. The van der Waals surface area contributed by atoms with E-state index in [2.05, 4.69) is 20.8 Å². The zero-order valence-corrected chi connectivity index (χ0v) is 19.7. The lowest BCUT2D eigenvalue weighted by molar-refractivity contribution is -0.130. The van der Waals surface area contributed by atoms with Gasteiger partial charge in [0.15, 0.2) is 0 Å². The number of benzene rings is 1. The number of ether oxygens (including phenoxy) is 1. The summed E-state index contributed by atoms with van der Waals surface area (Å²) >= 11 is 0. The van der Waals surface area contributed by atoms with Crippen LogP contribution < -0.4 is 4.74 Å². The number of aliphatic hydroxyl groups excluding tert-OH is 1. The van der Waals surface area contributed by atoms with Gasteiger partial charge in [-0.15, -0.1) is 0 Å². The molecule has 2 unspecified atom stereocenters. The van der Waals surface area contributed by atoms with E-state index >= 15 is 0 Å². The summed E-state index contributed by atoms with van der Waals surface area (Å²) in [6, 6.07) is 9.08. The molecule has 33 heavy (non-hydrogen) atoms. The maximum absolute atomic E-state index is 11.5. The fourth-order valence-corrected chi connectivity index (χ4v) is 5.49. The third kappa shape index (κ3) is 6.67. The van der Waals surface area contributed by atoms with Crippen LogP contribution >= 0.6 is 0 Å². The number of amides is 1. The highest BCUT2D eigenvalue weighted by Gasteiger charge is 2.40. The van der Waals surface area contributed by atoms with Crippen molar-refractivity contribution in [1.29, 1.82) is 5.26 Å². The Balaban J connectivity index is 1.09. The molecule has 1 N–H and O–H groups in total. The summed E-state index contributed by atoms with van der Waals surface area (Å²) in [5.41, 5.74) is 0.605. The van der Waals surface area contributed by atoms with E-state index in [0.29, 0.717) is 29.7 Å². The Hall–Kier alpha value is -2.18. The van der Waals surface area contributed by atoms with Gasteiger partial charge in [0.1, 0.15) is 18.5 Å². The molecule has 0 aromatic heterocycles. The zero-order chi connectivity index (χ0) is 23.2. The number of hydrogen-bond acceptors (Lipinski definition) is 7. The minimum Gasteiger partial charge on any atom is -0.491 e. The van der Waals surface area contributed by atoms with Crippen molar-refractivity contribution in [3.8, 4) is 11.8 Å². The number of hydrogen-bond donors (Lipinski definition) is 1. The van der Waals surface area contributed by atoms with Crippen LogP contribution in [-0.2, 0) is 4.79 Å². The van der Waals surface area contributed by atoms with Gasteiger partial charge in [-0.05, 0) is 55.6 Å². The molecule has 4 rings (SSSR count). The molecule has 3 saturated heterocycles. The first kappa shape index (κ1) is 24.0. The first-order valence-corrected chi connectivity index (χ1v) is 12.2. The number of rotatable bonds is 9. The zero-order valence-electron chi connectivity index (χ0n) is 19.7. The average Bonchev–Trinajstić information content (AvgIpc) is 3.36. The third-order valence-corrected chi connectivity index (χ3v) is 7.30. The molecule has 8 nitrogen and oxygen atoms in total. The largest absolute Gasteiger partial charge is 0.491 e. The van der Waals surface area contributed by atoms with Crippen LogP contribution in [-0.4, -0.2) is 115 Å². The van der Waals surface area contributed by atoms with Gasteiger partial charge in [0.2, 0.25) is 5.91 Å². The Labute approximate surface area is 197 Å². The topological polar surface area (TPSA) is 83.3 Å². The molecule has 3 aliphatic rings. The van der Waals surface area contributed by atoms with E-state index in [1.54, 1.807) is 31.2 Å². The Bertz CT molecular complexity index is 804. The van der Waals surface area contributed by atoms with Gasteiger partial charge in [-0.2, -0.15) is 5.26 Å². The third-order valence-electron chi connectivity index (χ3n) is 7.30. The van der Waals surface area contributed by atoms with Crippen LogP contribution in [0.1, 0.15) is 18.9 Å². The smallest absolute Gasteiger partial charge is 0.219 e. The van der Waals surface area contributed by atoms with Crippen molar-refractivity contribution in [3.63, 3.8) is 0 Å². The van der Waals surface area contributed by atoms with E-state index < -0.39 is 6.10 Å². The molecule has 0 spiro atoms. The predicted molar refractivity (Wildman–Crippen MR) is 126 cm³/mol. The van der Waals surface area contributed by atoms with Gasteiger partial charge in [-0.1, -0.05) is 0 Å². The lowest BCUT2D eigenvalue weighted by Crippen LogP contribution is -2.48. The summed E-state index contributed by atoms with van der Waals surface area (Å²) in [4.78, 5) is 20.9. The van der Waals surface area contributed by atoms with E-state index in [-0.39, 0.29) is 12.5 Å². The standard InChI is InChI=1S/C25H37N5O3/c1-20(31)30-11-9-27(10-12-30)7-2-8-28-14-22-16-29(17-23(22)15-28)18-24(32)19-33-25-5-3-21(13-26)4-6-25/h3-6,22-24,32H,2,7-12,14-19H2,1H3/t22?,23?,24-/m0/s1. The summed E-state index contributed by atoms with van der Waals surface area (Å²) in [7, 11) is 0. The fraction of sp³-hybridized carbons (Fsp3) is 0.680. The van der Waals surface area contributed by atoms with E-state index in [1.165, 1.54) is 6.42 Å². The lowest BCUT2D eigenvalue weighted by Gasteiger charge is -2.34. The lowest BCUT2D eigenvalue weighted by atomic mass is 10.0. The van der Waals surface area contributed by atoms with Crippen LogP contribution in [0.15, 0.2) is 24.3 Å². The van der Waals surface area contributed by atoms with Crippen molar-refractivity contribution < 1.29 is 14.6 Å². The van der Waals surface area contributed by atoms with Gasteiger partial charge in [-0.3, -0.25) is 14.6 Å². The van der Waals surface area contributed by atoms with Crippen LogP contribution in [0.3, 0.4) is 0 Å². The molecule has 180 valence electrons. The van der Waals surface area contributed by atoms with E-state index in [0.717, 1.165) is 65.4 Å². The molecule has 0 saturated carbocycles. The molecule has 3 atom stereocenters.